The molecule has 1 aromatic carbocycles. The molecule has 6 nitrogen and oxygen atoms in total. The average Bonchev–Trinajstić information content (AvgIpc) is 3.14. The highest BCUT2D eigenvalue weighted by Crippen LogP contribution is 2.34. The van der Waals surface area contributed by atoms with Crippen molar-refractivity contribution < 1.29 is 9.59 Å². The first-order valence-electron chi connectivity index (χ1n) is 10.2. The Labute approximate surface area is 172 Å². The number of likely N-dealkylation sites (N-methyl/N-ethyl adjacent to an activating group) is 1. The molecule has 3 N–H and O–H groups in total. The normalized spacial score (nSPS) is 14.4. The van der Waals surface area contributed by atoms with Gasteiger partial charge >= 0.3 is 0 Å². The Morgan fingerprint density at radius 3 is 2.59 bits per heavy atom. The zero-order valence-electron chi connectivity index (χ0n) is 17.9. The van der Waals surface area contributed by atoms with Gasteiger partial charge in [-0.05, 0) is 57.6 Å². The summed E-state index contributed by atoms with van der Waals surface area (Å²) in [5, 5.41) is 5.92. The predicted octanol–water partition coefficient (Wildman–Crippen LogP) is 3.50. The number of hydrogen-bond donors (Lipinski definition) is 3. The number of aromatic nitrogens is 1. The number of amides is 2. The van der Waals surface area contributed by atoms with E-state index in [-0.39, 0.29) is 11.8 Å². The first-order valence-corrected chi connectivity index (χ1v) is 10.2. The van der Waals surface area contributed by atoms with Gasteiger partial charge in [0, 0.05) is 35.7 Å². The van der Waals surface area contributed by atoms with Gasteiger partial charge in [-0.25, -0.2) is 0 Å². The van der Waals surface area contributed by atoms with Crippen LogP contribution in [0, 0.1) is 20.8 Å². The van der Waals surface area contributed by atoms with E-state index in [1.807, 2.05) is 45.0 Å². The fourth-order valence-electron chi connectivity index (χ4n) is 3.80. The highest BCUT2D eigenvalue weighted by molar-refractivity contribution is 6.35. The zero-order chi connectivity index (χ0) is 21.1. The molecule has 2 amide bonds. The third-order valence-corrected chi connectivity index (χ3v) is 5.56. The van der Waals surface area contributed by atoms with Crippen LogP contribution >= 0.6 is 0 Å². The minimum Gasteiger partial charge on any atom is -0.358 e. The van der Waals surface area contributed by atoms with Crippen molar-refractivity contribution in [3.8, 4) is 0 Å². The molecular formula is C23H30N4O2. The van der Waals surface area contributed by atoms with Crippen LogP contribution in [0.25, 0.3) is 11.6 Å². The summed E-state index contributed by atoms with van der Waals surface area (Å²) < 4.78 is 0. The third-order valence-electron chi connectivity index (χ3n) is 5.56. The van der Waals surface area contributed by atoms with E-state index in [1.165, 1.54) is 0 Å². The Kier molecular flexibility index (Phi) is 6.23. The number of rotatable bonds is 7. The number of carbonyl (C=O) groups excluding carboxylic acids is 2. The molecule has 1 aliphatic rings. The second kappa shape index (κ2) is 8.66. The molecule has 0 fully saturated rings. The molecule has 0 radical (unpaired) electrons. The number of benzene rings is 1. The summed E-state index contributed by atoms with van der Waals surface area (Å²) >= 11 is 0. The molecule has 29 heavy (non-hydrogen) atoms. The average molecular weight is 395 g/mol. The summed E-state index contributed by atoms with van der Waals surface area (Å²) in [5.41, 5.74) is 6.52. The molecule has 0 unspecified atom stereocenters. The first kappa shape index (κ1) is 20.9. The Morgan fingerprint density at radius 2 is 1.90 bits per heavy atom. The minimum atomic E-state index is -0.123. The quantitative estimate of drug-likeness (QED) is 0.629. The largest absolute Gasteiger partial charge is 0.358 e. The van der Waals surface area contributed by atoms with Crippen molar-refractivity contribution in [1.29, 1.82) is 0 Å². The van der Waals surface area contributed by atoms with E-state index >= 15 is 0 Å². The first-order chi connectivity index (χ1) is 13.8. The van der Waals surface area contributed by atoms with E-state index in [0.29, 0.717) is 17.7 Å². The molecule has 0 spiro atoms. The van der Waals surface area contributed by atoms with Crippen molar-refractivity contribution in [3.05, 3.63) is 51.8 Å². The van der Waals surface area contributed by atoms with Crippen LogP contribution in [-0.4, -0.2) is 47.9 Å². The molecule has 6 heteroatoms. The summed E-state index contributed by atoms with van der Waals surface area (Å²) in [6.07, 6.45) is 1.84. The molecule has 2 heterocycles. The van der Waals surface area contributed by atoms with E-state index < -0.39 is 0 Å². The van der Waals surface area contributed by atoms with Crippen LogP contribution in [0.5, 0.6) is 0 Å². The van der Waals surface area contributed by atoms with Crippen LogP contribution in [-0.2, 0) is 4.79 Å². The van der Waals surface area contributed by atoms with E-state index in [1.54, 1.807) is 0 Å². The van der Waals surface area contributed by atoms with E-state index in [0.717, 1.165) is 53.4 Å². The molecule has 0 atom stereocenters. The lowest BCUT2D eigenvalue weighted by molar-refractivity contribution is -0.110. The lowest BCUT2D eigenvalue weighted by atomic mass is 10.0. The number of H-pyrrole nitrogens is 1. The van der Waals surface area contributed by atoms with E-state index in [9.17, 15) is 9.59 Å². The van der Waals surface area contributed by atoms with Crippen LogP contribution in [0.4, 0.5) is 5.69 Å². The van der Waals surface area contributed by atoms with Gasteiger partial charge in [0.05, 0.1) is 11.1 Å². The van der Waals surface area contributed by atoms with Gasteiger partial charge in [0.1, 0.15) is 0 Å². The standard InChI is InChI=1S/C23H30N4O2/c1-6-27(7-2)11-10-24-23(29)21-15(4)20(25-16(21)5)13-18-17-12-14(3)8-9-19(17)26-22(18)28/h8-9,12-13,25H,6-7,10-11H2,1-5H3,(H,24,29)(H,26,28)/b18-13-. The van der Waals surface area contributed by atoms with Crippen molar-refractivity contribution in [3.63, 3.8) is 0 Å². The fraction of sp³-hybridized carbons (Fsp3) is 0.391. The Morgan fingerprint density at radius 1 is 1.17 bits per heavy atom. The number of aryl methyl sites for hydroxylation is 2. The number of fused-ring (bicyclic) bond motifs is 1. The second-order valence-electron chi connectivity index (χ2n) is 7.51. The summed E-state index contributed by atoms with van der Waals surface area (Å²) in [4.78, 5) is 30.8. The van der Waals surface area contributed by atoms with E-state index in [4.69, 9.17) is 0 Å². The number of anilines is 1. The molecular weight excluding hydrogens is 364 g/mol. The highest BCUT2D eigenvalue weighted by atomic mass is 16.2. The molecule has 0 aliphatic carbocycles. The van der Waals surface area contributed by atoms with E-state index in [2.05, 4.69) is 34.4 Å². The van der Waals surface area contributed by atoms with Gasteiger partial charge in [-0.15, -0.1) is 0 Å². The second-order valence-corrected chi connectivity index (χ2v) is 7.51. The van der Waals surface area contributed by atoms with Gasteiger partial charge in [0.15, 0.2) is 0 Å². The van der Waals surface area contributed by atoms with Crippen LogP contribution in [0.3, 0.4) is 0 Å². The van der Waals surface area contributed by atoms with Gasteiger partial charge in [-0.3, -0.25) is 9.59 Å². The molecule has 2 aromatic rings. The van der Waals surface area contributed by atoms with Crippen molar-refractivity contribution >= 4 is 29.2 Å². The Hall–Kier alpha value is -2.86. The number of nitrogens with one attached hydrogen (secondary N) is 3. The summed E-state index contributed by atoms with van der Waals surface area (Å²) in [5.74, 6) is -0.206. The maximum atomic E-state index is 12.8. The summed E-state index contributed by atoms with van der Waals surface area (Å²) in [6, 6.07) is 5.91. The number of nitrogens with zero attached hydrogens (tertiary/aromatic N) is 1. The van der Waals surface area contributed by atoms with Crippen LogP contribution in [0.15, 0.2) is 18.2 Å². The van der Waals surface area contributed by atoms with Crippen LogP contribution in [0.1, 0.15) is 52.3 Å². The zero-order valence-corrected chi connectivity index (χ0v) is 17.9. The molecule has 0 saturated heterocycles. The number of hydrogen-bond acceptors (Lipinski definition) is 3. The van der Waals surface area contributed by atoms with Gasteiger partial charge in [-0.2, -0.15) is 0 Å². The molecule has 1 aromatic heterocycles. The van der Waals surface area contributed by atoms with Crippen molar-refractivity contribution in [2.24, 2.45) is 0 Å². The fourth-order valence-corrected chi connectivity index (χ4v) is 3.80. The molecule has 154 valence electrons. The monoisotopic (exact) mass is 394 g/mol. The smallest absolute Gasteiger partial charge is 0.256 e. The molecule has 0 saturated carbocycles. The van der Waals surface area contributed by atoms with Crippen molar-refractivity contribution in [2.75, 3.05) is 31.5 Å². The maximum absolute atomic E-state index is 12.8. The van der Waals surface area contributed by atoms with Gasteiger partial charge in [0.25, 0.3) is 11.8 Å². The number of aromatic amines is 1. The Balaban J connectivity index is 1.83. The summed E-state index contributed by atoms with van der Waals surface area (Å²) in [7, 11) is 0. The van der Waals surface area contributed by atoms with Gasteiger partial charge in [0.2, 0.25) is 0 Å². The van der Waals surface area contributed by atoms with Gasteiger partial charge in [-0.1, -0.05) is 25.5 Å². The third kappa shape index (κ3) is 4.27. The topological polar surface area (TPSA) is 77.2 Å². The minimum absolute atomic E-state index is 0.0832. The maximum Gasteiger partial charge on any atom is 0.256 e. The van der Waals surface area contributed by atoms with Crippen LogP contribution < -0.4 is 10.6 Å². The highest BCUT2D eigenvalue weighted by Gasteiger charge is 2.25. The lowest BCUT2D eigenvalue weighted by Crippen LogP contribution is -2.35. The van der Waals surface area contributed by atoms with Crippen molar-refractivity contribution in [1.82, 2.24) is 15.2 Å². The van der Waals surface area contributed by atoms with Gasteiger partial charge < -0.3 is 20.5 Å². The van der Waals surface area contributed by atoms with Crippen molar-refractivity contribution in [2.45, 2.75) is 34.6 Å². The lowest BCUT2D eigenvalue weighted by Gasteiger charge is -2.18. The molecule has 3 rings (SSSR count). The summed E-state index contributed by atoms with van der Waals surface area (Å²) in [6.45, 7) is 13.4. The SMILES string of the molecule is CCN(CC)CCNC(=O)c1c(C)[nH]c(/C=C2\C(=O)Nc3ccc(C)cc32)c1C. The van der Waals surface area contributed by atoms with Crippen LogP contribution in [0.2, 0.25) is 0 Å². The predicted molar refractivity (Wildman–Crippen MR) is 118 cm³/mol. The molecule has 1 aliphatic heterocycles. The molecule has 0 bridgehead atoms. The Bertz CT molecular complexity index is 967. The number of carbonyl (C=O) groups is 2.